The summed E-state index contributed by atoms with van der Waals surface area (Å²) in [5.74, 6) is -0.116. The van der Waals surface area contributed by atoms with Crippen molar-refractivity contribution in [2.75, 3.05) is 6.54 Å². The van der Waals surface area contributed by atoms with Crippen LogP contribution in [0.1, 0.15) is 24.0 Å². The highest BCUT2D eigenvalue weighted by atomic mass is 19.1. The van der Waals surface area contributed by atoms with Gasteiger partial charge in [-0.2, -0.15) is 0 Å². The molecular weight excluding hydrogens is 203 g/mol. The topological polar surface area (TPSA) is 24.1 Å². The minimum Gasteiger partial charge on any atom is -0.312 e. The Morgan fingerprint density at radius 3 is 3.00 bits per heavy atom. The van der Waals surface area contributed by atoms with Crippen LogP contribution in [0, 0.1) is 5.82 Å². The summed E-state index contributed by atoms with van der Waals surface area (Å²) in [5.41, 5.74) is 2.41. The van der Waals surface area contributed by atoms with E-state index >= 15 is 0 Å². The Bertz CT molecular complexity index is 388. The average Bonchev–Trinajstić information content (AvgIpc) is 3.09. The molecule has 3 rings (SSSR count). The summed E-state index contributed by atoms with van der Waals surface area (Å²) in [6.07, 6.45) is 3.57. The molecule has 1 aliphatic carbocycles. The van der Waals surface area contributed by atoms with E-state index in [0.717, 1.165) is 25.6 Å². The third kappa shape index (κ3) is 2.25. The van der Waals surface area contributed by atoms with Crippen molar-refractivity contribution >= 4 is 0 Å². The molecule has 0 aromatic heterocycles. The van der Waals surface area contributed by atoms with Gasteiger partial charge in [0.15, 0.2) is 0 Å². The van der Waals surface area contributed by atoms with Crippen molar-refractivity contribution < 1.29 is 4.39 Å². The van der Waals surface area contributed by atoms with E-state index in [4.69, 9.17) is 0 Å². The zero-order chi connectivity index (χ0) is 11.0. The highest BCUT2D eigenvalue weighted by Crippen LogP contribution is 2.20. The molecule has 0 bridgehead atoms. The van der Waals surface area contributed by atoms with Crippen LogP contribution in [0.3, 0.4) is 0 Å². The van der Waals surface area contributed by atoms with Crippen molar-refractivity contribution in [3.05, 3.63) is 35.1 Å². The highest BCUT2D eigenvalue weighted by molar-refractivity contribution is 5.30. The summed E-state index contributed by atoms with van der Waals surface area (Å²) < 4.78 is 13.1. The molecule has 2 nitrogen and oxygen atoms in total. The van der Waals surface area contributed by atoms with Gasteiger partial charge in [-0.3, -0.25) is 0 Å². The number of hydrogen-bond donors (Lipinski definition) is 2. The van der Waals surface area contributed by atoms with Gasteiger partial charge in [0.2, 0.25) is 0 Å². The number of benzene rings is 1. The van der Waals surface area contributed by atoms with Gasteiger partial charge in [0, 0.05) is 25.2 Å². The van der Waals surface area contributed by atoms with E-state index in [-0.39, 0.29) is 5.82 Å². The molecule has 16 heavy (non-hydrogen) atoms. The van der Waals surface area contributed by atoms with E-state index in [1.54, 1.807) is 12.1 Å². The lowest BCUT2D eigenvalue weighted by Gasteiger charge is -2.26. The van der Waals surface area contributed by atoms with E-state index in [1.165, 1.54) is 24.0 Å². The van der Waals surface area contributed by atoms with Gasteiger partial charge in [-0.25, -0.2) is 4.39 Å². The molecule has 1 fully saturated rings. The predicted molar refractivity (Wildman–Crippen MR) is 61.8 cm³/mol. The largest absolute Gasteiger partial charge is 0.312 e. The number of rotatable bonds is 3. The van der Waals surface area contributed by atoms with Crippen molar-refractivity contribution in [3.63, 3.8) is 0 Å². The van der Waals surface area contributed by atoms with E-state index in [9.17, 15) is 4.39 Å². The molecule has 1 unspecified atom stereocenters. The normalized spacial score (nSPS) is 24.2. The van der Waals surface area contributed by atoms with Crippen molar-refractivity contribution in [2.24, 2.45) is 0 Å². The molecule has 2 N–H and O–H groups in total. The molecule has 1 saturated carbocycles. The Kier molecular flexibility index (Phi) is 2.65. The third-order valence-corrected chi connectivity index (χ3v) is 3.45. The molecule has 1 heterocycles. The maximum atomic E-state index is 13.1. The van der Waals surface area contributed by atoms with Crippen molar-refractivity contribution in [1.29, 1.82) is 0 Å². The summed E-state index contributed by atoms with van der Waals surface area (Å²) in [7, 11) is 0. The lowest BCUT2D eigenvalue weighted by atomic mass is 9.95. The monoisotopic (exact) mass is 220 g/mol. The van der Waals surface area contributed by atoms with Crippen LogP contribution in [0.25, 0.3) is 0 Å². The summed E-state index contributed by atoms with van der Waals surface area (Å²) in [6.45, 7) is 1.87. The second-order valence-corrected chi connectivity index (χ2v) is 4.88. The average molecular weight is 220 g/mol. The van der Waals surface area contributed by atoms with Crippen molar-refractivity contribution in [1.82, 2.24) is 10.6 Å². The molecule has 1 aromatic rings. The summed E-state index contributed by atoms with van der Waals surface area (Å²) in [4.78, 5) is 0. The Morgan fingerprint density at radius 2 is 2.19 bits per heavy atom. The van der Waals surface area contributed by atoms with E-state index in [1.807, 2.05) is 6.07 Å². The van der Waals surface area contributed by atoms with Crippen LogP contribution >= 0.6 is 0 Å². The minimum atomic E-state index is -0.116. The summed E-state index contributed by atoms with van der Waals surface area (Å²) in [5, 5.41) is 7.01. The van der Waals surface area contributed by atoms with Gasteiger partial charge in [-0.15, -0.1) is 0 Å². The van der Waals surface area contributed by atoms with Gasteiger partial charge in [0.05, 0.1) is 0 Å². The smallest absolute Gasteiger partial charge is 0.123 e. The molecule has 1 aromatic carbocycles. The molecule has 86 valence electrons. The fourth-order valence-corrected chi connectivity index (χ4v) is 2.29. The zero-order valence-electron chi connectivity index (χ0n) is 9.30. The summed E-state index contributed by atoms with van der Waals surface area (Å²) >= 11 is 0. The Hall–Kier alpha value is -0.930. The molecule has 0 spiro atoms. The van der Waals surface area contributed by atoms with Crippen LogP contribution in [-0.4, -0.2) is 18.6 Å². The minimum absolute atomic E-state index is 0.116. The van der Waals surface area contributed by atoms with Gasteiger partial charge >= 0.3 is 0 Å². The van der Waals surface area contributed by atoms with Gasteiger partial charge < -0.3 is 10.6 Å². The molecule has 1 atom stereocenters. The first-order chi connectivity index (χ1) is 7.81. The first kappa shape index (κ1) is 10.2. The van der Waals surface area contributed by atoms with E-state index in [0.29, 0.717) is 6.04 Å². The Balaban J connectivity index is 1.64. The predicted octanol–water partition coefficient (Wildman–Crippen LogP) is 1.59. The maximum Gasteiger partial charge on any atom is 0.123 e. The number of hydrogen-bond acceptors (Lipinski definition) is 2. The lowest BCUT2D eigenvalue weighted by Crippen LogP contribution is -2.43. The maximum absolute atomic E-state index is 13.1. The quantitative estimate of drug-likeness (QED) is 0.808. The highest BCUT2D eigenvalue weighted by Gasteiger charge is 2.23. The van der Waals surface area contributed by atoms with Crippen LogP contribution in [-0.2, 0) is 13.0 Å². The second kappa shape index (κ2) is 4.15. The van der Waals surface area contributed by atoms with Crippen LogP contribution in [0.4, 0.5) is 4.39 Å². The molecule has 3 heteroatoms. The van der Waals surface area contributed by atoms with Crippen molar-refractivity contribution in [2.45, 2.75) is 37.9 Å². The first-order valence-electron chi connectivity index (χ1n) is 6.05. The Labute approximate surface area is 95.2 Å². The number of fused-ring (bicyclic) bond motifs is 1. The standard InChI is InChI=1S/C13H17FN2/c14-11-2-1-9-7-15-13(6-10(9)5-11)8-16-12-3-4-12/h1-2,5,12-13,15-16H,3-4,6-8H2. The second-order valence-electron chi connectivity index (χ2n) is 4.88. The fraction of sp³-hybridized carbons (Fsp3) is 0.538. The zero-order valence-corrected chi connectivity index (χ0v) is 9.30. The van der Waals surface area contributed by atoms with Crippen molar-refractivity contribution in [3.8, 4) is 0 Å². The molecular formula is C13H17FN2. The molecule has 1 aliphatic heterocycles. The van der Waals surface area contributed by atoms with Crippen LogP contribution in [0.5, 0.6) is 0 Å². The van der Waals surface area contributed by atoms with Gasteiger partial charge in [-0.1, -0.05) is 6.07 Å². The third-order valence-electron chi connectivity index (χ3n) is 3.45. The van der Waals surface area contributed by atoms with E-state index in [2.05, 4.69) is 10.6 Å². The molecule has 0 saturated heterocycles. The number of nitrogens with one attached hydrogen (secondary N) is 2. The number of halogens is 1. The van der Waals surface area contributed by atoms with Crippen LogP contribution < -0.4 is 10.6 Å². The lowest BCUT2D eigenvalue weighted by molar-refractivity contribution is 0.445. The first-order valence-corrected chi connectivity index (χ1v) is 6.05. The molecule has 0 amide bonds. The SMILES string of the molecule is Fc1ccc2c(c1)CC(CNC1CC1)NC2. The molecule has 0 radical (unpaired) electrons. The summed E-state index contributed by atoms with van der Waals surface area (Å²) in [6, 6.07) is 6.32. The van der Waals surface area contributed by atoms with Gasteiger partial charge in [0.1, 0.15) is 5.82 Å². The Morgan fingerprint density at radius 1 is 1.31 bits per heavy atom. The van der Waals surface area contributed by atoms with Crippen LogP contribution in [0.15, 0.2) is 18.2 Å². The van der Waals surface area contributed by atoms with Gasteiger partial charge in [-0.05, 0) is 42.5 Å². The van der Waals surface area contributed by atoms with Crippen LogP contribution in [0.2, 0.25) is 0 Å². The van der Waals surface area contributed by atoms with Gasteiger partial charge in [0.25, 0.3) is 0 Å². The molecule has 2 aliphatic rings. The fourth-order valence-electron chi connectivity index (χ4n) is 2.29. The van der Waals surface area contributed by atoms with E-state index < -0.39 is 0 Å².